The van der Waals surface area contributed by atoms with Gasteiger partial charge in [0.15, 0.2) is 5.78 Å². The van der Waals surface area contributed by atoms with Crippen molar-refractivity contribution in [2.75, 3.05) is 19.0 Å². The highest BCUT2D eigenvalue weighted by Gasteiger charge is 2.23. The zero-order chi connectivity index (χ0) is 12.3. The Labute approximate surface area is 115 Å². The van der Waals surface area contributed by atoms with Crippen LogP contribution in [-0.2, 0) is 15.5 Å². The quantitative estimate of drug-likeness (QED) is 0.794. The zero-order valence-electron chi connectivity index (χ0n) is 9.19. The van der Waals surface area contributed by atoms with Crippen molar-refractivity contribution < 1.29 is 13.7 Å². The Hall–Kier alpha value is -0.0400. The van der Waals surface area contributed by atoms with E-state index in [2.05, 4.69) is 15.9 Å². The molecule has 1 fully saturated rings. The standard InChI is InChI=1S/C11H13BrO3S2/c12-9-3-6-16-11(9)10(13)7-17(14)8-1-4-15-5-2-8/h3,6,8H,1-2,4-5,7H2. The van der Waals surface area contributed by atoms with Crippen molar-refractivity contribution in [2.45, 2.75) is 18.1 Å². The first-order valence-corrected chi connectivity index (χ1v) is 8.45. The molecule has 1 saturated heterocycles. The van der Waals surface area contributed by atoms with Gasteiger partial charge in [-0.25, -0.2) is 0 Å². The highest BCUT2D eigenvalue weighted by molar-refractivity contribution is 9.10. The fraction of sp³-hybridized carbons (Fsp3) is 0.545. The summed E-state index contributed by atoms with van der Waals surface area (Å²) in [4.78, 5) is 12.6. The Kier molecular flexibility index (Phi) is 4.90. The van der Waals surface area contributed by atoms with Crippen molar-refractivity contribution in [3.05, 3.63) is 20.8 Å². The molecule has 0 saturated carbocycles. The Morgan fingerprint density at radius 3 is 2.82 bits per heavy atom. The van der Waals surface area contributed by atoms with Gasteiger partial charge in [0.05, 0.1) is 10.6 Å². The van der Waals surface area contributed by atoms with Gasteiger partial charge in [0.2, 0.25) is 0 Å². The van der Waals surface area contributed by atoms with Crippen molar-refractivity contribution in [1.82, 2.24) is 0 Å². The molecule has 2 rings (SSSR count). The molecular weight excluding hydrogens is 324 g/mol. The number of ether oxygens (including phenoxy) is 1. The van der Waals surface area contributed by atoms with E-state index in [0.717, 1.165) is 17.3 Å². The molecule has 1 atom stereocenters. The second-order valence-electron chi connectivity index (χ2n) is 3.86. The molecule has 1 aromatic rings. The van der Waals surface area contributed by atoms with Gasteiger partial charge in [0, 0.05) is 33.7 Å². The Bertz CT molecular complexity index is 424. The van der Waals surface area contributed by atoms with Gasteiger partial charge < -0.3 is 4.74 Å². The van der Waals surface area contributed by atoms with Crippen LogP contribution in [-0.4, -0.2) is 34.2 Å². The van der Waals surface area contributed by atoms with E-state index in [4.69, 9.17) is 4.74 Å². The molecule has 0 N–H and O–H groups in total. The van der Waals surface area contributed by atoms with Crippen LogP contribution in [0.25, 0.3) is 0 Å². The van der Waals surface area contributed by atoms with Gasteiger partial charge in [-0.05, 0) is 40.2 Å². The summed E-state index contributed by atoms with van der Waals surface area (Å²) in [6, 6.07) is 1.84. The number of halogens is 1. The Balaban J connectivity index is 1.94. The van der Waals surface area contributed by atoms with Crippen molar-refractivity contribution in [3.63, 3.8) is 0 Å². The largest absolute Gasteiger partial charge is 0.381 e. The first-order valence-electron chi connectivity index (χ1n) is 5.39. The highest BCUT2D eigenvalue weighted by Crippen LogP contribution is 2.24. The van der Waals surface area contributed by atoms with Crippen molar-refractivity contribution in [2.24, 2.45) is 0 Å². The smallest absolute Gasteiger partial charge is 0.186 e. The van der Waals surface area contributed by atoms with Gasteiger partial charge in [0.1, 0.15) is 0 Å². The minimum atomic E-state index is -1.07. The third kappa shape index (κ3) is 3.47. The minimum Gasteiger partial charge on any atom is -0.381 e. The molecule has 3 nitrogen and oxygen atoms in total. The van der Waals surface area contributed by atoms with Crippen LogP contribution in [0.1, 0.15) is 22.5 Å². The maximum absolute atomic E-state index is 12.0. The SMILES string of the molecule is O=C(CS(=O)C1CCOCC1)c1sccc1Br. The van der Waals surface area contributed by atoms with E-state index in [1.54, 1.807) is 0 Å². The fourth-order valence-electron chi connectivity index (χ4n) is 1.74. The summed E-state index contributed by atoms with van der Waals surface area (Å²) >= 11 is 4.71. The summed E-state index contributed by atoms with van der Waals surface area (Å²) < 4.78 is 18.1. The average molecular weight is 337 g/mol. The average Bonchev–Trinajstić information content (AvgIpc) is 2.76. The van der Waals surface area contributed by atoms with Crippen LogP contribution >= 0.6 is 27.3 Å². The molecule has 0 aliphatic carbocycles. The maximum atomic E-state index is 12.0. The molecular formula is C11H13BrO3S2. The Morgan fingerprint density at radius 2 is 2.24 bits per heavy atom. The second kappa shape index (κ2) is 6.22. The first-order chi connectivity index (χ1) is 8.18. The second-order valence-corrected chi connectivity index (χ2v) is 7.34. The van der Waals surface area contributed by atoms with Crippen LogP contribution in [0.2, 0.25) is 0 Å². The number of carbonyl (C=O) groups excluding carboxylic acids is 1. The summed E-state index contributed by atoms with van der Waals surface area (Å²) in [5, 5.41) is 1.97. The molecule has 2 heterocycles. The van der Waals surface area contributed by atoms with Gasteiger partial charge in [-0.2, -0.15) is 0 Å². The predicted octanol–water partition coefficient (Wildman–Crippen LogP) is 2.62. The van der Waals surface area contributed by atoms with Gasteiger partial charge in [-0.3, -0.25) is 9.00 Å². The number of ketones is 1. The molecule has 94 valence electrons. The predicted molar refractivity (Wildman–Crippen MR) is 73.2 cm³/mol. The molecule has 1 aliphatic heterocycles. The van der Waals surface area contributed by atoms with E-state index >= 15 is 0 Å². The van der Waals surface area contributed by atoms with Crippen LogP contribution in [0.15, 0.2) is 15.9 Å². The summed E-state index contributed by atoms with van der Waals surface area (Å²) in [7, 11) is -1.07. The van der Waals surface area contributed by atoms with E-state index in [1.165, 1.54) is 11.3 Å². The number of hydrogen-bond acceptors (Lipinski definition) is 4. The molecule has 1 aromatic heterocycles. The van der Waals surface area contributed by atoms with Gasteiger partial charge >= 0.3 is 0 Å². The fourth-order valence-corrected chi connectivity index (χ4v) is 4.73. The Morgan fingerprint density at radius 1 is 1.53 bits per heavy atom. The first kappa shape index (κ1) is 13.4. The third-order valence-electron chi connectivity index (χ3n) is 2.68. The number of thiophene rings is 1. The van der Waals surface area contributed by atoms with Crippen molar-refractivity contribution in [3.8, 4) is 0 Å². The monoisotopic (exact) mass is 336 g/mol. The minimum absolute atomic E-state index is 0.0308. The summed E-state index contributed by atoms with van der Waals surface area (Å²) in [5.41, 5.74) is 0. The van der Waals surface area contributed by atoms with Gasteiger partial charge in [0.25, 0.3) is 0 Å². The number of hydrogen-bond donors (Lipinski definition) is 0. The molecule has 0 spiro atoms. The van der Waals surface area contributed by atoms with E-state index in [0.29, 0.717) is 18.1 Å². The topological polar surface area (TPSA) is 43.4 Å². The van der Waals surface area contributed by atoms with Crippen LogP contribution in [0.5, 0.6) is 0 Å². The van der Waals surface area contributed by atoms with E-state index < -0.39 is 10.8 Å². The van der Waals surface area contributed by atoms with Gasteiger partial charge in [-0.1, -0.05) is 0 Å². The van der Waals surface area contributed by atoms with Crippen LogP contribution in [0.3, 0.4) is 0 Å². The lowest BCUT2D eigenvalue weighted by Crippen LogP contribution is -2.28. The van der Waals surface area contributed by atoms with Crippen LogP contribution in [0.4, 0.5) is 0 Å². The molecule has 6 heteroatoms. The van der Waals surface area contributed by atoms with Crippen LogP contribution < -0.4 is 0 Å². The van der Waals surface area contributed by atoms with Crippen molar-refractivity contribution >= 4 is 43.8 Å². The number of rotatable bonds is 4. The third-order valence-corrected chi connectivity index (χ3v) is 6.32. The van der Waals surface area contributed by atoms with E-state index in [1.807, 2.05) is 11.4 Å². The number of Topliss-reactive ketones (excluding diaryl/α,β-unsaturated/α-hetero) is 1. The molecule has 0 aromatic carbocycles. The maximum Gasteiger partial charge on any atom is 0.186 e. The molecule has 0 bridgehead atoms. The molecule has 0 radical (unpaired) electrons. The molecule has 1 unspecified atom stereocenters. The van der Waals surface area contributed by atoms with Crippen LogP contribution in [0, 0.1) is 0 Å². The molecule has 17 heavy (non-hydrogen) atoms. The zero-order valence-corrected chi connectivity index (χ0v) is 12.4. The lowest BCUT2D eigenvalue weighted by Gasteiger charge is -2.20. The van der Waals surface area contributed by atoms with E-state index in [-0.39, 0.29) is 16.8 Å². The lowest BCUT2D eigenvalue weighted by molar-refractivity contribution is 0.0980. The lowest BCUT2D eigenvalue weighted by atomic mass is 10.2. The summed E-state index contributed by atoms with van der Waals surface area (Å²) in [6.45, 7) is 1.32. The van der Waals surface area contributed by atoms with E-state index in [9.17, 15) is 9.00 Å². The highest BCUT2D eigenvalue weighted by atomic mass is 79.9. The molecule has 0 amide bonds. The summed E-state index contributed by atoms with van der Waals surface area (Å²) in [6.07, 6.45) is 1.59. The van der Waals surface area contributed by atoms with Crippen molar-refractivity contribution in [1.29, 1.82) is 0 Å². The summed E-state index contributed by atoms with van der Waals surface area (Å²) in [5.74, 6) is 0.0979. The number of carbonyl (C=O) groups is 1. The normalized spacial score (nSPS) is 19.1. The van der Waals surface area contributed by atoms with Gasteiger partial charge in [-0.15, -0.1) is 11.3 Å². The molecule has 1 aliphatic rings.